The molecule has 0 atom stereocenters. The molecule has 1 aliphatic carbocycles. The minimum Gasteiger partial charge on any atom is -0.432 e. The molecule has 0 bridgehead atoms. The molecule has 1 rings (SSSR count). The smallest absolute Gasteiger partial charge is 0.307 e. The van der Waals surface area contributed by atoms with Crippen LogP contribution in [0.4, 0.5) is 0 Å². The average Bonchev–Trinajstić information content (AvgIpc) is 2.14. The van der Waals surface area contributed by atoms with E-state index in [2.05, 4.69) is 32.9 Å². The highest BCUT2D eigenvalue weighted by atomic mass is 16.5. The third-order valence-corrected chi connectivity index (χ3v) is 3.16. The molecular formula is C15H22O2. The molecule has 0 radical (unpaired) electrons. The Bertz CT molecular complexity index is 395. The van der Waals surface area contributed by atoms with Gasteiger partial charge in [0.25, 0.3) is 0 Å². The summed E-state index contributed by atoms with van der Waals surface area (Å²) >= 11 is 0. The Morgan fingerprint density at radius 2 is 2.06 bits per heavy atom. The number of ether oxygens (including phenoxy) is 1. The third kappa shape index (κ3) is 3.88. The van der Waals surface area contributed by atoms with Gasteiger partial charge in [0.1, 0.15) is 5.76 Å². The van der Waals surface area contributed by atoms with E-state index in [1.54, 1.807) is 6.92 Å². The van der Waals surface area contributed by atoms with Crippen LogP contribution in [-0.4, -0.2) is 5.97 Å². The van der Waals surface area contributed by atoms with Crippen molar-refractivity contribution in [1.82, 2.24) is 0 Å². The summed E-state index contributed by atoms with van der Waals surface area (Å²) < 4.78 is 5.00. The van der Waals surface area contributed by atoms with Gasteiger partial charge in [0.2, 0.25) is 0 Å². The maximum atomic E-state index is 10.8. The van der Waals surface area contributed by atoms with Gasteiger partial charge in [0.05, 0.1) is 0 Å². The number of carbonyl (C=O) groups excluding carboxylic acids is 1. The SMILES string of the molecule is CC(=O)OC(C)=CC=C1C(C)=CCCC1(C)C. The van der Waals surface area contributed by atoms with E-state index in [4.69, 9.17) is 4.74 Å². The first kappa shape index (κ1) is 13.8. The van der Waals surface area contributed by atoms with Crippen LogP contribution in [0.15, 0.2) is 35.1 Å². The van der Waals surface area contributed by atoms with Gasteiger partial charge >= 0.3 is 5.97 Å². The lowest BCUT2D eigenvalue weighted by molar-refractivity contribution is -0.136. The highest BCUT2D eigenvalue weighted by Crippen LogP contribution is 2.40. The summed E-state index contributed by atoms with van der Waals surface area (Å²) in [4.78, 5) is 10.8. The van der Waals surface area contributed by atoms with Crippen LogP contribution < -0.4 is 0 Å². The van der Waals surface area contributed by atoms with E-state index in [1.165, 1.54) is 18.1 Å². The second-order valence-corrected chi connectivity index (χ2v) is 5.26. The minimum atomic E-state index is -0.271. The summed E-state index contributed by atoms with van der Waals surface area (Å²) in [7, 11) is 0. The number of hydrogen-bond donors (Lipinski definition) is 0. The minimum absolute atomic E-state index is 0.200. The Kier molecular flexibility index (Phi) is 4.33. The zero-order valence-corrected chi connectivity index (χ0v) is 11.5. The maximum absolute atomic E-state index is 10.8. The van der Waals surface area contributed by atoms with Gasteiger partial charge in [-0.15, -0.1) is 0 Å². The van der Waals surface area contributed by atoms with Crippen LogP contribution in [0.3, 0.4) is 0 Å². The molecular weight excluding hydrogens is 212 g/mol. The number of rotatable bonds is 2. The van der Waals surface area contributed by atoms with Crippen LogP contribution in [0.2, 0.25) is 0 Å². The van der Waals surface area contributed by atoms with Crippen molar-refractivity contribution in [2.45, 2.75) is 47.5 Å². The first-order valence-corrected chi connectivity index (χ1v) is 6.07. The Hall–Kier alpha value is -1.31. The molecule has 0 spiro atoms. The van der Waals surface area contributed by atoms with Gasteiger partial charge in [0.15, 0.2) is 0 Å². The van der Waals surface area contributed by atoms with E-state index in [0.717, 1.165) is 12.8 Å². The van der Waals surface area contributed by atoms with Gasteiger partial charge in [-0.1, -0.05) is 31.6 Å². The summed E-state index contributed by atoms with van der Waals surface area (Å²) in [5.74, 6) is 0.367. The molecule has 0 amide bonds. The van der Waals surface area contributed by atoms with Crippen LogP contribution in [0, 0.1) is 5.41 Å². The zero-order valence-electron chi connectivity index (χ0n) is 11.5. The first-order chi connectivity index (χ1) is 7.83. The van der Waals surface area contributed by atoms with Gasteiger partial charge < -0.3 is 4.74 Å². The lowest BCUT2D eigenvalue weighted by Gasteiger charge is -2.32. The fraction of sp³-hybridized carbons (Fsp3) is 0.533. The molecule has 17 heavy (non-hydrogen) atoms. The Labute approximate surface area is 104 Å². The predicted molar refractivity (Wildman–Crippen MR) is 70.4 cm³/mol. The maximum Gasteiger partial charge on any atom is 0.307 e. The van der Waals surface area contributed by atoms with Crippen LogP contribution in [0.25, 0.3) is 0 Å². The van der Waals surface area contributed by atoms with E-state index >= 15 is 0 Å². The molecule has 0 saturated carbocycles. The molecule has 0 aliphatic heterocycles. The standard InChI is InChI=1S/C15H22O2/c1-11-7-6-10-15(4,5)14(11)9-8-12(2)17-13(3)16/h7-9H,6,10H2,1-5H3. The molecule has 0 unspecified atom stereocenters. The zero-order chi connectivity index (χ0) is 13.1. The molecule has 0 saturated heterocycles. The monoisotopic (exact) mass is 234 g/mol. The highest BCUT2D eigenvalue weighted by Gasteiger charge is 2.26. The van der Waals surface area contributed by atoms with Crippen molar-refractivity contribution in [2.24, 2.45) is 5.41 Å². The summed E-state index contributed by atoms with van der Waals surface area (Å²) in [5.41, 5.74) is 2.86. The number of hydrogen-bond acceptors (Lipinski definition) is 2. The summed E-state index contributed by atoms with van der Waals surface area (Å²) in [6.07, 6.45) is 8.52. The molecule has 2 nitrogen and oxygen atoms in total. The van der Waals surface area contributed by atoms with Gasteiger partial charge in [-0.2, -0.15) is 0 Å². The Balaban J connectivity index is 2.93. The third-order valence-electron chi connectivity index (χ3n) is 3.16. The molecule has 0 fully saturated rings. The Morgan fingerprint density at radius 1 is 1.41 bits per heavy atom. The number of carbonyl (C=O) groups is 1. The van der Waals surface area contributed by atoms with Crippen LogP contribution in [0.1, 0.15) is 47.5 Å². The topological polar surface area (TPSA) is 26.3 Å². The molecule has 0 heterocycles. The van der Waals surface area contributed by atoms with E-state index in [1.807, 2.05) is 6.08 Å². The largest absolute Gasteiger partial charge is 0.432 e. The first-order valence-electron chi connectivity index (χ1n) is 6.07. The van der Waals surface area contributed by atoms with Gasteiger partial charge in [-0.05, 0) is 43.8 Å². The summed E-state index contributed by atoms with van der Waals surface area (Å²) in [6.45, 7) is 9.87. The van der Waals surface area contributed by atoms with Gasteiger partial charge in [0, 0.05) is 6.92 Å². The lowest BCUT2D eigenvalue weighted by Crippen LogP contribution is -2.18. The van der Waals surface area contributed by atoms with Crippen LogP contribution in [-0.2, 0) is 9.53 Å². The summed E-state index contributed by atoms with van der Waals surface area (Å²) in [5, 5.41) is 0. The van der Waals surface area contributed by atoms with Crippen molar-refractivity contribution < 1.29 is 9.53 Å². The normalized spacial score (nSPS) is 22.3. The van der Waals surface area contributed by atoms with Crippen molar-refractivity contribution in [1.29, 1.82) is 0 Å². The van der Waals surface area contributed by atoms with E-state index in [9.17, 15) is 4.79 Å². The van der Waals surface area contributed by atoms with Gasteiger partial charge in [-0.3, -0.25) is 4.79 Å². The highest BCUT2D eigenvalue weighted by molar-refractivity contribution is 5.67. The average molecular weight is 234 g/mol. The quantitative estimate of drug-likeness (QED) is 0.530. The molecule has 94 valence electrons. The lowest BCUT2D eigenvalue weighted by atomic mass is 9.73. The molecule has 2 heteroatoms. The van der Waals surface area contributed by atoms with Crippen molar-refractivity contribution in [3.63, 3.8) is 0 Å². The van der Waals surface area contributed by atoms with Crippen molar-refractivity contribution in [2.75, 3.05) is 0 Å². The van der Waals surface area contributed by atoms with Crippen LogP contribution >= 0.6 is 0 Å². The molecule has 0 aromatic heterocycles. The second-order valence-electron chi connectivity index (χ2n) is 5.26. The Morgan fingerprint density at radius 3 is 2.59 bits per heavy atom. The molecule has 0 aromatic rings. The molecule has 0 aromatic carbocycles. The second kappa shape index (κ2) is 5.35. The van der Waals surface area contributed by atoms with Crippen molar-refractivity contribution in [3.05, 3.63) is 35.1 Å². The van der Waals surface area contributed by atoms with Crippen molar-refractivity contribution >= 4 is 5.97 Å². The number of allylic oxidation sites excluding steroid dienone is 6. The molecule has 1 aliphatic rings. The van der Waals surface area contributed by atoms with E-state index in [0.29, 0.717) is 5.76 Å². The molecule has 0 N–H and O–H groups in total. The van der Waals surface area contributed by atoms with Gasteiger partial charge in [-0.25, -0.2) is 0 Å². The van der Waals surface area contributed by atoms with E-state index in [-0.39, 0.29) is 11.4 Å². The fourth-order valence-electron chi connectivity index (χ4n) is 2.25. The summed E-state index contributed by atoms with van der Waals surface area (Å²) in [6, 6.07) is 0. The van der Waals surface area contributed by atoms with Crippen molar-refractivity contribution in [3.8, 4) is 0 Å². The van der Waals surface area contributed by atoms with Crippen LogP contribution in [0.5, 0.6) is 0 Å². The van der Waals surface area contributed by atoms with E-state index < -0.39 is 0 Å². The predicted octanol–water partition coefficient (Wildman–Crippen LogP) is 4.15. The fourth-order valence-corrected chi connectivity index (χ4v) is 2.25. The number of esters is 1.